The minimum atomic E-state index is -0.483. The highest BCUT2D eigenvalue weighted by Gasteiger charge is 2.17. The monoisotopic (exact) mass is 286 g/mol. The molecule has 100 valence electrons. The molecule has 0 saturated heterocycles. The van der Waals surface area contributed by atoms with Crippen molar-refractivity contribution in [1.29, 1.82) is 5.26 Å². The highest BCUT2D eigenvalue weighted by molar-refractivity contribution is 6.30. The van der Waals surface area contributed by atoms with E-state index < -0.39 is 6.04 Å². The summed E-state index contributed by atoms with van der Waals surface area (Å²) in [6.07, 6.45) is 0. The van der Waals surface area contributed by atoms with Crippen molar-refractivity contribution >= 4 is 17.3 Å². The Morgan fingerprint density at radius 3 is 2.80 bits per heavy atom. The molecule has 4 nitrogen and oxygen atoms in total. The maximum atomic E-state index is 9.34. The molecule has 0 fully saturated rings. The Hall–Kier alpha value is -2.38. The molecule has 1 aliphatic rings. The van der Waals surface area contributed by atoms with Crippen LogP contribution in [0.5, 0.6) is 11.5 Å². The molecule has 0 saturated carbocycles. The molecule has 3 rings (SSSR count). The second-order valence-corrected chi connectivity index (χ2v) is 4.77. The number of rotatable bonds is 3. The van der Waals surface area contributed by atoms with E-state index in [-0.39, 0.29) is 6.79 Å². The van der Waals surface area contributed by atoms with Crippen LogP contribution >= 0.6 is 11.6 Å². The summed E-state index contributed by atoms with van der Waals surface area (Å²) in [4.78, 5) is 0. The summed E-state index contributed by atoms with van der Waals surface area (Å²) in [6.45, 7) is 0.220. The molecule has 2 aromatic rings. The van der Waals surface area contributed by atoms with E-state index in [1.807, 2.05) is 30.3 Å². The fourth-order valence-electron chi connectivity index (χ4n) is 2.03. The molecule has 0 bridgehead atoms. The van der Waals surface area contributed by atoms with E-state index in [1.54, 1.807) is 12.1 Å². The van der Waals surface area contributed by atoms with E-state index in [1.165, 1.54) is 0 Å². The van der Waals surface area contributed by atoms with Gasteiger partial charge in [0.2, 0.25) is 6.79 Å². The van der Waals surface area contributed by atoms with Crippen molar-refractivity contribution in [3.05, 3.63) is 53.1 Å². The van der Waals surface area contributed by atoms with Crippen LogP contribution in [0, 0.1) is 11.3 Å². The number of nitriles is 1. The first-order chi connectivity index (χ1) is 9.76. The molecule has 1 atom stereocenters. The number of anilines is 1. The Kier molecular flexibility index (Phi) is 3.36. The number of fused-ring (bicyclic) bond motifs is 1. The molecular weight excluding hydrogens is 276 g/mol. The minimum Gasteiger partial charge on any atom is -0.454 e. The molecular formula is C15H11ClN2O2. The Morgan fingerprint density at radius 1 is 1.15 bits per heavy atom. The Balaban J connectivity index is 1.85. The molecule has 20 heavy (non-hydrogen) atoms. The van der Waals surface area contributed by atoms with E-state index in [4.69, 9.17) is 21.1 Å². The van der Waals surface area contributed by atoms with Crippen molar-refractivity contribution < 1.29 is 9.47 Å². The SMILES string of the molecule is N#CC(Nc1cccc(Cl)c1)c1ccc2c(c1)OCO2. The molecule has 1 unspecified atom stereocenters. The number of nitrogens with zero attached hydrogens (tertiary/aromatic N) is 1. The van der Waals surface area contributed by atoms with Gasteiger partial charge in [0.25, 0.3) is 0 Å². The third kappa shape index (κ3) is 2.49. The van der Waals surface area contributed by atoms with Crippen LogP contribution in [0.2, 0.25) is 5.02 Å². The van der Waals surface area contributed by atoms with Crippen molar-refractivity contribution in [2.45, 2.75) is 6.04 Å². The first-order valence-electron chi connectivity index (χ1n) is 6.07. The highest BCUT2D eigenvalue weighted by Crippen LogP contribution is 2.34. The summed E-state index contributed by atoms with van der Waals surface area (Å²) in [5.41, 5.74) is 1.61. The van der Waals surface area contributed by atoms with E-state index in [0.29, 0.717) is 16.5 Å². The molecule has 1 N–H and O–H groups in total. The first kappa shape index (κ1) is 12.6. The average molecular weight is 287 g/mol. The van der Waals surface area contributed by atoms with Gasteiger partial charge >= 0.3 is 0 Å². The van der Waals surface area contributed by atoms with Gasteiger partial charge in [-0.25, -0.2) is 0 Å². The summed E-state index contributed by atoms with van der Waals surface area (Å²) in [5.74, 6) is 1.36. The summed E-state index contributed by atoms with van der Waals surface area (Å²) < 4.78 is 10.6. The van der Waals surface area contributed by atoms with Crippen molar-refractivity contribution in [2.24, 2.45) is 0 Å². The largest absolute Gasteiger partial charge is 0.454 e. The molecule has 1 aliphatic heterocycles. The second kappa shape index (κ2) is 5.32. The van der Waals surface area contributed by atoms with Crippen molar-refractivity contribution in [2.75, 3.05) is 12.1 Å². The molecule has 5 heteroatoms. The predicted octanol–water partition coefficient (Wildman–Crippen LogP) is 3.75. The van der Waals surface area contributed by atoms with Gasteiger partial charge in [-0.05, 0) is 35.9 Å². The fraction of sp³-hybridized carbons (Fsp3) is 0.133. The number of hydrogen-bond donors (Lipinski definition) is 1. The van der Waals surface area contributed by atoms with E-state index in [2.05, 4.69) is 11.4 Å². The average Bonchev–Trinajstić information content (AvgIpc) is 2.92. The third-order valence-corrected chi connectivity index (χ3v) is 3.23. The van der Waals surface area contributed by atoms with Gasteiger partial charge in [0.15, 0.2) is 11.5 Å². The Labute approximate surface area is 121 Å². The molecule has 0 aromatic heterocycles. The van der Waals surface area contributed by atoms with Crippen LogP contribution < -0.4 is 14.8 Å². The molecule has 0 spiro atoms. The molecule has 1 heterocycles. The zero-order valence-corrected chi connectivity index (χ0v) is 11.2. The van der Waals surface area contributed by atoms with Crippen LogP contribution in [-0.4, -0.2) is 6.79 Å². The van der Waals surface area contributed by atoms with Crippen LogP contribution in [0.25, 0.3) is 0 Å². The van der Waals surface area contributed by atoms with Crippen molar-refractivity contribution in [3.8, 4) is 17.6 Å². The predicted molar refractivity (Wildman–Crippen MR) is 76.0 cm³/mol. The lowest BCUT2D eigenvalue weighted by atomic mass is 10.1. The summed E-state index contributed by atoms with van der Waals surface area (Å²) >= 11 is 5.93. The van der Waals surface area contributed by atoms with Gasteiger partial charge in [-0.2, -0.15) is 5.26 Å². The lowest BCUT2D eigenvalue weighted by Gasteiger charge is -2.14. The molecule has 2 aromatic carbocycles. The van der Waals surface area contributed by atoms with Gasteiger partial charge in [-0.15, -0.1) is 0 Å². The quantitative estimate of drug-likeness (QED) is 0.934. The summed E-state index contributed by atoms with van der Waals surface area (Å²) in [6, 6.07) is 14.5. The number of benzene rings is 2. The van der Waals surface area contributed by atoms with E-state index in [9.17, 15) is 5.26 Å². The van der Waals surface area contributed by atoms with Gasteiger partial charge < -0.3 is 14.8 Å². The molecule has 0 radical (unpaired) electrons. The van der Waals surface area contributed by atoms with Crippen LogP contribution in [0.3, 0.4) is 0 Å². The van der Waals surface area contributed by atoms with Crippen molar-refractivity contribution in [1.82, 2.24) is 0 Å². The van der Waals surface area contributed by atoms with Crippen LogP contribution in [0.15, 0.2) is 42.5 Å². The summed E-state index contributed by atoms with van der Waals surface area (Å²) in [7, 11) is 0. The fourth-order valence-corrected chi connectivity index (χ4v) is 2.22. The minimum absolute atomic E-state index is 0.220. The van der Waals surface area contributed by atoms with Gasteiger partial charge in [-0.1, -0.05) is 23.7 Å². The van der Waals surface area contributed by atoms with Crippen LogP contribution in [0.4, 0.5) is 5.69 Å². The number of hydrogen-bond acceptors (Lipinski definition) is 4. The van der Waals surface area contributed by atoms with Crippen molar-refractivity contribution in [3.63, 3.8) is 0 Å². The summed E-state index contributed by atoms with van der Waals surface area (Å²) in [5, 5.41) is 13.1. The number of halogens is 1. The van der Waals surface area contributed by atoms with Gasteiger partial charge in [-0.3, -0.25) is 0 Å². The number of ether oxygens (including phenoxy) is 2. The van der Waals surface area contributed by atoms with E-state index >= 15 is 0 Å². The van der Waals surface area contributed by atoms with Crippen LogP contribution in [0.1, 0.15) is 11.6 Å². The Bertz CT molecular complexity index is 682. The maximum absolute atomic E-state index is 9.34. The second-order valence-electron chi connectivity index (χ2n) is 4.33. The number of nitrogens with one attached hydrogen (secondary N) is 1. The maximum Gasteiger partial charge on any atom is 0.231 e. The van der Waals surface area contributed by atoms with E-state index in [0.717, 1.165) is 11.3 Å². The molecule has 0 aliphatic carbocycles. The van der Waals surface area contributed by atoms with Gasteiger partial charge in [0.05, 0.1) is 6.07 Å². The van der Waals surface area contributed by atoms with Gasteiger partial charge in [0, 0.05) is 10.7 Å². The normalized spacial score (nSPS) is 13.6. The Morgan fingerprint density at radius 2 is 2.00 bits per heavy atom. The molecule has 0 amide bonds. The van der Waals surface area contributed by atoms with Gasteiger partial charge in [0.1, 0.15) is 6.04 Å². The highest BCUT2D eigenvalue weighted by atomic mass is 35.5. The lowest BCUT2D eigenvalue weighted by molar-refractivity contribution is 0.174. The standard InChI is InChI=1S/C15H11ClN2O2/c16-11-2-1-3-12(7-11)18-13(8-17)10-4-5-14-15(6-10)20-9-19-14/h1-7,13,18H,9H2. The third-order valence-electron chi connectivity index (χ3n) is 2.99. The first-order valence-corrected chi connectivity index (χ1v) is 6.45. The lowest BCUT2D eigenvalue weighted by Crippen LogP contribution is -2.08. The topological polar surface area (TPSA) is 54.3 Å². The smallest absolute Gasteiger partial charge is 0.231 e. The zero-order chi connectivity index (χ0) is 13.9. The van der Waals surface area contributed by atoms with Crippen LogP contribution in [-0.2, 0) is 0 Å². The zero-order valence-electron chi connectivity index (χ0n) is 10.5.